The number of aromatic nitrogens is 3. The fourth-order valence-electron chi connectivity index (χ4n) is 5.41. The molecule has 2 aliphatic carbocycles. The quantitative estimate of drug-likeness (QED) is 0.529. The van der Waals surface area contributed by atoms with Gasteiger partial charge >= 0.3 is 6.18 Å². The highest BCUT2D eigenvalue weighted by atomic mass is 19.4. The molecule has 8 nitrogen and oxygen atoms in total. The summed E-state index contributed by atoms with van der Waals surface area (Å²) in [5.74, 6) is 0.432. The normalized spacial score (nSPS) is 22.2. The molecule has 192 valence electrons. The Morgan fingerprint density at radius 1 is 1.11 bits per heavy atom. The lowest BCUT2D eigenvalue weighted by molar-refractivity contribution is -0.141. The van der Waals surface area contributed by atoms with Gasteiger partial charge in [-0.25, -0.2) is 4.98 Å². The van der Waals surface area contributed by atoms with E-state index in [4.69, 9.17) is 5.73 Å². The second-order valence-electron chi connectivity index (χ2n) is 10.1. The Morgan fingerprint density at radius 2 is 1.84 bits per heavy atom. The second-order valence-corrected chi connectivity index (χ2v) is 10.1. The van der Waals surface area contributed by atoms with E-state index < -0.39 is 29.4 Å². The van der Waals surface area contributed by atoms with Crippen molar-refractivity contribution in [2.24, 2.45) is 11.8 Å². The maximum absolute atomic E-state index is 13.8. The fraction of sp³-hybridized carbons (Fsp3) is 0.385. The molecule has 11 heteroatoms. The van der Waals surface area contributed by atoms with Gasteiger partial charge in [-0.05, 0) is 47.9 Å². The molecule has 2 amide bonds. The van der Waals surface area contributed by atoms with Gasteiger partial charge in [0.25, 0.3) is 5.91 Å². The van der Waals surface area contributed by atoms with E-state index in [2.05, 4.69) is 15.4 Å². The van der Waals surface area contributed by atoms with Gasteiger partial charge in [-0.15, -0.1) is 0 Å². The Morgan fingerprint density at radius 3 is 2.51 bits per heavy atom. The molecule has 1 saturated carbocycles. The van der Waals surface area contributed by atoms with Crippen LogP contribution in [0.3, 0.4) is 0 Å². The van der Waals surface area contributed by atoms with Crippen LogP contribution in [0.4, 0.5) is 19.0 Å². The monoisotopic (exact) mass is 510 g/mol. The van der Waals surface area contributed by atoms with Crippen molar-refractivity contribution in [1.82, 2.24) is 25.0 Å². The van der Waals surface area contributed by atoms with E-state index in [-0.39, 0.29) is 18.4 Å². The summed E-state index contributed by atoms with van der Waals surface area (Å²) >= 11 is 0. The van der Waals surface area contributed by atoms with E-state index in [1.54, 1.807) is 24.3 Å². The SMILES string of the molecule is Nc1ccc2c(n1)CC[C@H]2NC(=O)c1cn(Cc2ccc(CN3C[C@H]4C[C@H]4C3=O)cc2)nc1C(F)(F)F. The molecule has 3 atom stereocenters. The lowest BCUT2D eigenvalue weighted by Crippen LogP contribution is -2.28. The fourth-order valence-corrected chi connectivity index (χ4v) is 5.41. The first-order valence-electron chi connectivity index (χ1n) is 12.2. The molecule has 3 N–H and O–H groups in total. The number of nitrogens with one attached hydrogen (secondary N) is 1. The highest BCUT2D eigenvalue weighted by Gasteiger charge is 2.51. The molecular weight excluding hydrogens is 485 g/mol. The number of anilines is 1. The van der Waals surface area contributed by atoms with Crippen LogP contribution in [-0.2, 0) is 30.5 Å². The van der Waals surface area contributed by atoms with Crippen molar-refractivity contribution in [3.05, 3.63) is 76.2 Å². The molecule has 2 fully saturated rings. The van der Waals surface area contributed by atoms with E-state index >= 15 is 0 Å². The van der Waals surface area contributed by atoms with Crippen LogP contribution < -0.4 is 11.1 Å². The van der Waals surface area contributed by atoms with E-state index in [0.717, 1.165) is 46.2 Å². The van der Waals surface area contributed by atoms with Gasteiger partial charge < -0.3 is 16.0 Å². The standard InChI is InChI=1S/C26H25F3N6O2/c27-26(28,29)23-19(24(36)32-21-7-6-20-17(21)5-8-22(30)31-20)13-35(33-23)11-15-3-1-14(2-4-15)10-34-12-16-9-18(16)25(34)37/h1-5,8,13,16,18,21H,6-7,9-12H2,(H2,30,31)(H,32,36)/t16-,18-,21-/m1/s1. The van der Waals surface area contributed by atoms with E-state index in [1.807, 2.05) is 17.0 Å². The van der Waals surface area contributed by atoms with Crippen molar-refractivity contribution >= 4 is 17.6 Å². The molecule has 1 aliphatic heterocycles. The third kappa shape index (κ3) is 4.54. The summed E-state index contributed by atoms with van der Waals surface area (Å²) in [6, 6.07) is 10.3. The zero-order chi connectivity index (χ0) is 25.9. The van der Waals surface area contributed by atoms with Crippen LogP contribution in [0.2, 0.25) is 0 Å². The van der Waals surface area contributed by atoms with Crippen LogP contribution in [0.5, 0.6) is 0 Å². The van der Waals surface area contributed by atoms with Gasteiger partial charge in [0.05, 0.1) is 18.2 Å². The summed E-state index contributed by atoms with van der Waals surface area (Å²) in [5.41, 5.74) is 7.16. The summed E-state index contributed by atoms with van der Waals surface area (Å²) in [6.45, 7) is 1.39. The summed E-state index contributed by atoms with van der Waals surface area (Å²) < 4.78 is 42.4. The number of amides is 2. The first-order valence-corrected chi connectivity index (χ1v) is 12.2. The van der Waals surface area contributed by atoms with Crippen LogP contribution in [-0.4, -0.2) is 38.0 Å². The van der Waals surface area contributed by atoms with Gasteiger partial charge in [-0.2, -0.15) is 18.3 Å². The average Bonchev–Trinajstić information content (AvgIpc) is 3.15. The smallest absolute Gasteiger partial charge is 0.384 e. The molecule has 3 aliphatic rings. The number of fused-ring (bicyclic) bond motifs is 2. The van der Waals surface area contributed by atoms with Gasteiger partial charge in [-0.1, -0.05) is 30.3 Å². The Labute approximate surface area is 210 Å². The number of halogens is 3. The molecule has 0 bridgehead atoms. The van der Waals surface area contributed by atoms with Gasteiger partial charge in [-0.3, -0.25) is 14.3 Å². The number of piperidine rings is 1. The van der Waals surface area contributed by atoms with Crippen LogP contribution in [0.25, 0.3) is 0 Å². The summed E-state index contributed by atoms with van der Waals surface area (Å²) in [6.07, 6.45) is -1.53. The molecule has 2 aromatic heterocycles. The zero-order valence-electron chi connectivity index (χ0n) is 19.8. The highest BCUT2D eigenvalue weighted by Crippen LogP contribution is 2.46. The van der Waals surface area contributed by atoms with Crippen molar-refractivity contribution in [2.45, 2.75) is 44.6 Å². The Hall–Kier alpha value is -3.89. The van der Waals surface area contributed by atoms with Gasteiger partial charge in [0.1, 0.15) is 5.82 Å². The van der Waals surface area contributed by atoms with Gasteiger partial charge in [0.15, 0.2) is 5.69 Å². The Kier molecular flexibility index (Phi) is 5.46. The predicted molar refractivity (Wildman–Crippen MR) is 127 cm³/mol. The van der Waals surface area contributed by atoms with Crippen LogP contribution >= 0.6 is 0 Å². The number of carbonyl (C=O) groups excluding carboxylic acids is 2. The van der Waals surface area contributed by atoms with Crippen LogP contribution in [0.15, 0.2) is 42.6 Å². The zero-order valence-corrected chi connectivity index (χ0v) is 19.8. The third-order valence-electron chi connectivity index (χ3n) is 7.40. The number of carbonyl (C=O) groups is 2. The maximum Gasteiger partial charge on any atom is 0.435 e. The molecule has 1 saturated heterocycles. The number of nitrogens with two attached hydrogens (primary N) is 1. The van der Waals surface area contributed by atoms with Crippen molar-refractivity contribution in [3.8, 4) is 0 Å². The highest BCUT2D eigenvalue weighted by molar-refractivity contribution is 5.95. The first-order chi connectivity index (χ1) is 17.7. The number of aryl methyl sites for hydroxylation is 1. The van der Waals surface area contributed by atoms with Gasteiger partial charge in [0, 0.05) is 30.9 Å². The molecule has 3 heterocycles. The molecular formula is C26H25F3N6O2. The second kappa shape index (κ2) is 8.60. The van der Waals surface area contributed by atoms with Crippen molar-refractivity contribution in [2.75, 3.05) is 12.3 Å². The number of hydrogen-bond donors (Lipinski definition) is 2. The van der Waals surface area contributed by atoms with Crippen LogP contribution in [0, 0.1) is 11.8 Å². The lowest BCUT2D eigenvalue weighted by Gasteiger charge is -2.18. The Balaban J connectivity index is 1.16. The molecule has 0 spiro atoms. The minimum absolute atomic E-state index is 0.0683. The van der Waals surface area contributed by atoms with E-state index in [0.29, 0.717) is 31.1 Å². The van der Waals surface area contributed by atoms with E-state index in [9.17, 15) is 22.8 Å². The van der Waals surface area contributed by atoms with Crippen molar-refractivity contribution in [3.63, 3.8) is 0 Å². The minimum atomic E-state index is -4.78. The molecule has 0 radical (unpaired) electrons. The molecule has 0 unspecified atom stereocenters. The summed E-state index contributed by atoms with van der Waals surface area (Å²) in [7, 11) is 0. The number of benzene rings is 1. The molecule has 6 rings (SSSR count). The number of hydrogen-bond acceptors (Lipinski definition) is 5. The minimum Gasteiger partial charge on any atom is -0.384 e. The number of nitrogens with zero attached hydrogens (tertiary/aromatic N) is 4. The Bertz CT molecular complexity index is 1380. The first kappa shape index (κ1) is 23.5. The molecule has 37 heavy (non-hydrogen) atoms. The predicted octanol–water partition coefficient (Wildman–Crippen LogP) is 3.32. The van der Waals surface area contributed by atoms with E-state index in [1.165, 1.54) is 0 Å². The van der Waals surface area contributed by atoms with Crippen LogP contribution in [0.1, 0.15) is 57.3 Å². The number of alkyl halides is 3. The van der Waals surface area contributed by atoms with Gasteiger partial charge in [0.2, 0.25) is 5.91 Å². The largest absolute Gasteiger partial charge is 0.435 e. The van der Waals surface area contributed by atoms with Crippen molar-refractivity contribution < 1.29 is 22.8 Å². The molecule has 1 aromatic carbocycles. The summed E-state index contributed by atoms with van der Waals surface area (Å²) in [5, 5.41) is 6.41. The number of nitrogen functional groups attached to an aromatic ring is 1. The maximum atomic E-state index is 13.8. The van der Waals surface area contributed by atoms with Crippen molar-refractivity contribution in [1.29, 1.82) is 0 Å². The average molecular weight is 511 g/mol. The summed E-state index contributed by atoms with van der Waals surface area (Å²) in [4.78, 5) is 31.2. The third-order valence-corrected chi connectivity index (χ3v) is 7.40. The number of likely N-dealkylation sites (tertiary alicyclic amines) is 1. The topological polar surface area (TPSA) is 106 Å². The number of rotatable bonds is 6. The number of pyridine rings is 1. The molecule has 3 aromatic rings. The lowest BCUT2D eigenvalue weighted by atomic mass is 10.1.